The first-order chi connectivity index (χ1) is 10.0. The van der Waals surface area contributed by atoms with Gasteiger partial charge in [-0.1, -0.05) is 42.3 Å². The SMILES string of the molecule is CCNC(Cc1cc(F)ccc1Cl)c1ccc(Cl)c(C)c1. The Labute approximate surface area is 135 Å². The molecule has 112 valence electrons. The quantitative estimate of drug-likeness (QED) is 0.782. The highest BCUT2D eigenvalue weighted by Crippen LogP contribution is 2.26. The zero-order chi connectivity index (χ0) is 15.4. The lowest BCUT2D eigenvalue weighted by Crippen LogP contribution is -2.23. The molecule has 0 aliphatic rings. The predicted octanol–water partition coefficient (Wildman–Crippen LogP) is 5.33. The molecule has 21 heavy (non-hydrogen) atoms. The highest BCUT2D eigenvalue weighted by atomic mass is 35.5. The predicted molar refractivity (Wildman–Crippen MR) is 87.7 cm³/mol. The molecule has 1 N–H and O–H groups in total. The Morgan fingerprint density at radius 1 is 1.10 bits per heavy atom. The number of halogens is 3. The maximum absolute atomic E-state index is 13.4. The molecular weight excluding hydrogens is 308 g/mol. The van der Waals surface area contributed by atoms with Crippen molar-refractivity contribution in [2.24, 2.45) is 0 Å². The van der Waals surface area contributed by atoms with E-state index in [0.717, 1.165) is 28.3 Å². The molecule has 0 aliphatic carbocycles. The number of benzene rings is 2. The number of aryl methyl sites for hydroxylation is 1. The lowest BCUT2D eigenvalue weighted by molar-refractivity contribution is 0.546. The third-order valence-corrected chi connectivity index (χ3v) is 4.26. The minimum Gasteiger partial charge on any atom is -0.310 e. The highest BCUT2D eigenvalue weighted by molar-refractivity contribution is 6.31. The van der Waals surface area contributed by atoms with Crippen LogP contribution in [-0.2, 0) is 6.42 Å². The summed E-state index contributed by atoms with van der Waals surface area (Å²) in [5.74, 6) is -0.267. The van der Waals surface area contributed by atoms with Gasteiger partial charge in [0.2, 0.25) is 0 Å². The van der Waals surface area contributed by atoms with E-state index in [1.54, 1.807) is 6.07 Å². The molecule has 2 aromatic rings. The molecule has 2 rings (SSSR count). The van der Waals surface area contributed by atoms with Crippen LogP contribution in [0, 0.1) is 12.7 Å². The zero-order valence-corrected chi connectivity index (χ0v) is 13.6. The zero-order valence-electron chi connectivity index (χ0n) is 12.1. The normalized spacial score (nSPS) is 12.4. The van der Waals surface area contributed by atoms with Gasteiger partial charge in [-0.25, -0.2) is 4.39 Å². The van der Waals surface area contributed by atoms with E-state index in [1.165, 1.54) is 12.1 Å². The van der Waals surface area contributed by atoms with Crippen LogP contribution < -0.4 is 5.32 Å². The van der Waals surface area contributed by atoms with Crippen LogP contribution in [0.15, 0.2) is 36.4 Å². The number of rotatable bonds is 5. The van der Waals surface area contributed by atoms with E-state index < -0.39 is 0 Å². The summed E-state index contributed by atoms with van der Waals surface area (Å²) >= 11 is 12.2. The van der Waals surface area contributed by atoms with Gasteiger partial charge >= 0.3 is 0 Å². The molecule has 0 radical (unpaired) electrons. The number of hydrogen-bond donors (Lipinski definition) is 1. The first-order valence-electron chi connectivity index (χ1n) is 6.94. The first kappa shape index (κ1) is 16.3. The van der Waals surface area contributed by atoms with Crippen molar-refractivity contribution >= 4 is 23.2 Å². The van der Waals surface area contributed by atoms with Gasteiger partial charge in [-0.2, -0.15) is 0 Å². The maximum atomic E-state index is 13.4. The Hall–Kier alpha value is -1.09. The van der Waals surface area contributed by atoms with Crippen molar-refractivity contribution in [1.29, 1.82) is 0 Å². The van der Waals surface area contributed by atoms with E-state index in [4.69, 9.17) is 23.2 Å². The van der Waals surface area contributed by atoms with Crippen LogP contribution >= 0.6 is 23.2 Å². The van der Waals surface area contributed by atoms with Crippen LogP contribution in [-0.4, -0.2) is 6.54 Å². The summed E-state index contributed by atoms with van der Waals surface area (Å²) in [4.78, 5) is 0. The average molecular weight is 326 g/mol. The van der Waals surface area contributed by atoms with Gasteiger partial charge in [0.05, 0.1) is 0 Å². The summed E-state index contributed by atoms with van der Waals surface area (Å²) in [7, 11) is 0. The molecule has 2 aromatic carbocycles. The van der Waals surface area contributed by atoms with Crippen molar-refractivity contribution < 1.29 is 4.39 Å². The van der Waals surface area contributed by atoms with Crippen molar-refractivity contribution in [2.75, 3.05) is 6.54 Å². The van der Waals surface area contributed by atoms with E-state index in [0.29, 0.717) is 11.4 Å². The summed E-state index contributed by atoms with van der Waals surface area (Å²) in [6, 6.07) is 10.5. The molecule has 0 amide bonds. The van der Waals surface area contributed by atoms with Crippen molar-refractivity contribution in [1.82, 2.24) is 5.32 Å². The van der Waals surface area contributed by atoms with E-state index in [-0.39, 0.29) is 11.9 Å². The average Bonchev–Trinajstić information content (AvgIpc) is 2.45. The lowest BCUT2D eigenvalue weighted by Gasteiger charge is -2.20. The van der Waals surface area contributed by atoms with E-state index in [9.17, 15) is 4.39 Å². The molecule has 1 atom stereocenters. The molecule has 4 heteroatoms. The van der Waals surface area contributed by atoms with Crippen LogP contribution in [0.1, 0.15) is 29.7 Å². The lowest BCUT2D eigenvalue weighted by atomic mass is 9.97. The Morgan fingerprint density at radius 3 is 2.48 bits per heavy atom. The first-order valence-corrected chi connectivity index (χ1v) is 7.70. The number of hydrogen-bond acceptors (Lipinski definition) is 1. The Bertz CT molecular complexity index is 628. The van der Waals surface area contributed by atoms with Crippen LogP contribution in [0.5, 0.6) is 0 Å². The second kappa shape index (κ2) is 7.26. The van der Waals surface area contributed by atoms with Crippen LogP contribution in [0.3, 0.4) is 0 Å². The largest absolute Gasteiger partial charge is 0.310 e. The third kappa shape index (κ3) is 4.19. The van der Waals surface area contributed by atoms with Crippen LogP contribution in [0.2, 0.25) is 10.0 Å². The van der Waals surface area contributed by atoms with Crippen molar-refractivity contribution in [3.63, 3.8) is 0 Å². The Kier molecular flexibility index (Phi) is 5.63. The Balaban J connectivity index is 2.30. The molecule has 0 bridgehead atoms. The number of likely N-dealkylation sites (N-methyl/N-ethyl adjacent to an activating group) is 1. The summed E-state index contributed by atoms with van der Waals surface area (Å²) in [5.41, 5.74) is 2.96. The topological polar surface area (TPSA) is 12.0 Å². The van der Waals surface area contributed by atoms with Gasteiger partial charge < -0.3 is 5.32 Å². The van der Waals surface area contributed by atoms with Gasteiger partial charge in [0, 0.05) is 16.1 Å². The fourth-order valence-corrected chi connectivity index (χ4v) is 2.67. The second-order valence-corrected chi connectivity index (χ2v) is 5.87. The van der Waals surface area contributed by atoms with Crippen molar-refractivity contribution in [2.45, 2.75) is 26.3 Å². The van der Waals surface area contributed by atoms with Crippen LogP contribution in [0.4, 0.5) is 4.39 Å². The third-order valence-electron chi connectivity index (χ3n) is 3.47. The molecule has 0 saturated carbocycles. The smallest absolute Gasteiger partial charge is 0.123 e. The number of nitrogens with one attached hydrogen (secondary N) is 1. The van der Waals surface area contributed by atoms with Gasteiger partial charge in [0.25, 0.3) is 0 Å². The molecular formula is C17H18Cl2FN. The standard InChI is InChI=1S/C17H18Cl2FN/c1-3-21-17(12-4-6-15(18)11(2)8-12)10-13-9-14(20)5-7-16(13)19/h4-9,17,21H,3,10H2,1-2H3. The molecule has 0 aliphatic heterocycles. The van der Waals surface area contributed by atoms with E-state index in [2.05, 4.69) is 11.4 Å². The molecule has 1 unspecified atom stereocenters. The molecule has 0 saturated heterocycles. The summed E-state index contributed by atoms with van der Waals surface area (Å²) in [6.45, 7) is 4.84. The van der Waals surface area contributed by atoms with E-state index >= 15 is 0 Å². The fraction of sp³-hybridized carbons (Fsp3) is 0.294. The highest BCUT2D eigenvalue weighted by Gasteiger charge is 2.14. The summed E-state index contributed by atoms with van der Waals surface area (Å²) in [6.07, 6.45) is 0.630. The van der Waals surface area contributed by atoms with Crippen LogP contribution in [0.25, 0.3) is 0 Å². The van der Waals surface area contributed by atoms with Crippen molar-refractivity contribution in [3.05, 3.63) is 69.0 Å². The Morgan fingerprint density at radius 2 is 1.81 bits per heavy atom. The second-order valence-electron chi connectivity index (χ2n) is 5.06. The summed E-state index contributed by atoms with van der Waals surface area (Å²) in [5, 5.41) is 4.75. The molecule has 0 fully saturated rings. The van der Waals surface area contributed by atoms with Gasteiger partial charge in [-0.15, -0.1) is 0 Å². The van der Waals surface area contributed by atoms with Gasteiger partial charge in [-0.05, 0) is 60.8 Å². The maximum Gasteiger partial charge on any atom is 0.123 e. The molecule has 0 spiro atoms. The van der Waals surface area contributed by atoms with E-state index in [1.807, 2.05) is 26.0 Å². The van der Waals surface area contributed by atoms with Gasteiger partial charge in [-0.3, -0.25) is 0 Å². The minimum atomic E-state index is -0.267. The minimum absolute atomic E-state index is 0.0743. The van der Waals surface area contributed by atoms with Gasteiger partial charge in [0.15, 0.2) is 0 Å². The molecule has 0 heterocycles. The molecule has 1 nitrogen and oxygen atoms in total. The summed E-state index contributed by atoms with van der Waals surface area (Å²) < 4.78 is 13.4. The van der Waals surface area contributed by atoms with Gasteiger partial charge in [0.1, 0.15) is 5.82 Å². The van der Waals surface area contributed by atoms with Crippen molar-refractivity contribution in [3.8, 4) is 0 Å². The molecule has 0 aromatic heterocycles. The monoisotopic (exact) mass is 325 g/mol. The fourth-order valence-electron chi connectivity index (χ4n) is 2.36.